The molecule has 1 aromatic heterocycles. The predicted octanol–water partition coefficient (Wildman–Crippen LogP) is 1.52. The molecule has 0 spiro atoms. The lowest BCUT2D eigenvalue weighted by atomic mass is 9.74. The van der Waals surface area contributed by atoms with Crippen LogP contribution in [0.5, 0.6) is 0 Å². The van der Waals surface area contributed by atoms with Crippen LogP contribution in [0.3, 0.4) is 0 Å². The quantitative estimate of drug-likeness (QED) is 0.593. The molecule has 0 radical (unpaired) electrons. The van der Waals surface area contributed by atoms with Gasteiger partial charge in [0.05, 0.1) is 12.2 Å². The number of sulfonamides is 2. The molecule has 2 atom stereocenters. The van der Waals surface area contributed by atoms with Crippen LogP contribution in [-0.4, -0.2) is 81.8 Å². The molecule has 0 aromatic carbocycles. The normalized spacial score (nSPS) is 26.6. The highest BCUT2D eigenvalue weighted by Crippen LogP contribution is 2.39. The molecule has 3 heterocycles. The van der Waals surface area contributed by atoms with Crippen LogP contribution in [0.15, 0.2) is 16.3 Å². The Labute approximate surface area is 207 Å². The number of hydrogen-bond donors (Lipinski definition) is 1. The summed E-state index contributed by atoms with van der Waals surface area (Å²) in [6.45, 7) is 2.17. The second kappa shape index (κ2) is 10.5. The molecule has 34 heavy (non-hydrogen) atoms. The van der Waals surface area contributed by atoms with Crippen LogP contribution >= 0.6 is 11.3 Å². The van der Waals surface area contributed by atoms with Crippen LogP contribution in [0.4, 0.5) is 0 Å². The molecular weight excluding hydrogens is 496 g/mol. The number of carbonyl (C=O) groups is 1. The third kappa shape index (κ3) is 5.67. The van der Waals surface area contributed by atoms with Crippen LogP contribution in [0.25, 0.3) is 0 Å². The molecule has 12 heteroatoms. The van der Waals surface area contributed by atoms with Gasteiger partial charge in [0.25, 0.3) is 10.0 Å². The van der Waals surface area contributed by atoms with Gasteiger partial charge in [0.1, 0.15) is 4.21 Å². The van der Waals surface area contributed by atoms with E-state index in [1.165, 1.54) is 32.6 Å². The van der Waals surface area contributed by atoms with Crippen molar-refractivity contribution in [2.45, 2.75) is 49.3 Å². The number of nitrogens with zero attached hydrogens (tertiary/aromatic N) is 3. The van der Waals surface area contributed by atoms with Gasteiger partial charge < -0.3 is 10.6 Å². The SMILES string of the molecule is CS(=O)(=O)N1CCN(C(=O)[C@H]2C[C@@H](C3CCCCC3)CN(S(=O)(=O)c3ccc(CN)s3)C2)CC1. The maximum absolute atomic E-state index is 13.5. The largest absolute Gasteiger partial charge is 0.340 e. The lowest BCUT2D eigenvalue weighted by Crippen LogP contribution is -2.55. The zero-order valence-electron chi connectivity index (χ0n) is 19.8. The molecule has 2 aliphatic heterocycles. The summed E-state index contributed by atoms with van der Waals surface area (Å²) in [5.74, 6) is 0.132. The Bertz CT molecular complexity index is 1070. The minimum atomic E-state index is -3.71. The molecule has 1 aliphatic carbocycles. The van der Waals surface area contributed by atoms with Gasteiger partial charge in [-0.25, -0.2) is 16.8 Å². The van der Waals surface area contributed by atoms with Crippen molar-refractivity contribution in [2.75, 3.05) is 45.5 Å². The highest BCUT2D eigenvalue weighted by molar-refractivity contribution is 7.91. The average Bonchev–Trinajstić information content (AvgIpc) is 3.34. The Kier molecular flexibility index (Phi) is 8.05. The van der Waals surface area contributed by atoms with Crippen LogP contribution in [0.1, 0.15) is 43.4 Å². The minimum Gasteiger partial charge on any atom is -0.340 e. The van der Waals surface area contributed by atoms with Gasteiger partial charge in [-0.3, -0.25) is 4.79 Å². The number of hydrogen-bond acceptors (Lipinski definition) is 7. The second-order valence-electron chi connectivity index (χ2n) is 9.83. The Morgan fingerprint density at radius 1 is 0.971 bits per heavy atom. The van der Waals surface area contributed by atoms with Crippen molar-refractivity contribution in [3.63, 3.8) is 0 Å². The molecule has 192 valence electrons. The van der Waals surface area contributed by atoms with Crippen molar-refractivity contribution in [1.82, 2.24) is 13.5 Å². The topological polar surface area (TPSA) is 121 Å². The highest BCUT2D eigenvalue weighted by Gasteiger charge is 2.42. The van der Waals surface area contributed by atoms with Crippen molar-refractivity contribution in [3.8, 4) is 0 Å². The molecule has 1 aromatic rings. The van der Waals surface area contributed by atoms with Crippen molar-refractivity contribution >= 4 is 37.3 Å². The van der Waals surface area contributed by atoms with Crippen LogP contribution in [-0.2, 0) is 31.4 Å². The average molecular weight is 533 g/mol. The van der Waals surface area contributed by atoms with Gasteiger partial charge >= 0.3 is 0 Å². The Balaban J connectivity index is 1.53. The Morgan fingerprint density at radius 3 is 2.24 bits per heavy atom. The van der Waals surface area contributed by atoms with Gasteiger partial charge in [0, 0.05) is 50.7 Å². The van der Waals surface area contributed by atoms with Crippen LogP contribution in [0, 0.1) is 17.8 Å². The summed E-state index contributed by atoms with van der Waals surface area (Å²) in [5, 5.41) is 0. The van der Waals surface area contributed by atoms with E-state index >= 15 is 0 Å². The summed E-state index contributed by atoms with van der Waals surface area (Å²) >= 11 is 1.20. The first kappa shape index (κ1) is 26.0. The predicted molar refractivity (Wildman–Crippen MR) is 132 cm³/mol. The third-order valence-corrected chi connectivity index (χ3v) is 12.3. The van der Waals surface area contributed by atoms with E-state index in [4.69, 9.17) is 5.73 Å². The van der Waals surface area contributed by atoms with Gasteiger partial charge in [-0.15, -0.1) is 11.3 Å². The number of carbonyl (C=O) groups excluding carboxylic acids is 1. The third-order valence-electron chi connectivity index (χ3n) is 7.57. The number of piperidine rings is 1. The first-order valence-electron chi connectivity index (χ1n) is 12.1. The van der Waals surface area contributed by atoms with E-state index in [1.54, 1.807) is 17.0 Å². The fraction of sp³-hybridized carbons (Fsp3) is 0.773. The van der Waals surface area contributed by atoms with E-state index in [2.05, 4.69) is 0 Å². The van der Waals surface area contributed by atoms with E-state index in [0.29, 0.717) is 38.5 Å². The fourth-order valence-electron chi connectivity index (χ4n) is 5.65. The van der Waals surface area contributed by atoms with Crippen LogP contribution < -0.4 is 5.73 Å². The monoisotopic (exact) mass is 532 g/mol. The maximum atomic E-state index is 13.5. The van der Waals surface area contributed by atoms with Crippen LogP contribution in [0.2, 0.25) is 0 Å². The van der Waals surface area contributed by atoms with E-state index in [-0.39, 0.29) is 35.7 Å². The maximum Gasteiger partial charge on any atom is 0.252 e. The zero-order chi connectivity index (χ0) is 24.5. The standard InChI is InChI=1S/C22H36N4O5S3/c1-33(28,29)25-11-9-24(10-12-25)22(27)19-13-18(17-5-3-2-4-6-17)15-26(16-19)34(30,31)21-8-7-20(14-23)32-21/h7-8,17-19H,2-6,9-16,23H2,1H3/t18-,19+/m1/s1. The summed E-state index contributed by atoms with van der Waals surface area (Å²) in [4.78, 5) is 16.1. The van der Waals surface area contributed by atoms with E-state index in [0.717, 1.165) is 30.6 Å². The molecule has 9 nitrogen and oxygen atoms in total. The van der Waals surface area contributed by atoms with Crippen molar-refractivity contribution < 1.29 is 21.6 Å². The highest BCUT2D eigenvalue weighted by atomic mass is 32.2. The Hall–Kier alpha value is -1.05. The first-order chi connectivity index (χ1) is 16.1. The number of amides is 1. The molecule has 1 amide bonds. The molecular formula is C22H36N4O5S3. The number of rotatable bonds is 6. The molecule has 3 fully saturated rings. The number of thiophene rings is 1. The smallest absolute Gasteiger partial charge is 0.252 e. The number of piperazine rings is 1. The molecule has 2 N–H and O–H groups in total. The summed E-state index contributed by atoms with van der Waals surface area (Å²) < 4.78 is 54.0. The van der Waals surface area contributed by atoms with E-state index in [9.17, 15) is 21.6 Å². The second-order valence-corrected chi connectivity index (χ2v) is 15.1. The fourth-order valence-corrected chi connectivity index (χ4v) is 9.41. The van der Waals surface area contributed by atoms with Gasteiger partial charge in [0.2, 0.25) is 15.9 Å². The summed E-state index contributed by atoms with van der Waals surface area (Å²) in [6, 6.07) is 3.37. The molecule has 2 saturated heterocycles. The molecule has 0 unspecified atom stereocenters. The summed E-state index contributed by atoms with van der Waals surface area (Å²) in [5.41, 5.74) is 5.70. The van der Waals surface area contributed by atoms with E-state index < -0.39 is 26.0 Å². The van der Waals surface area contributed by atoms with E-state index in [1.807, 2.05) is 0 Å². The number of nitrogens with two attached hydrogens (primary N) is 1. The first-order valence-corrected chi connectivity index (χ1v) is 16.2. The minimum absolute atomic E-state index is 0.0531. The summed E-state index contributed by atoms with van der Waals surface area (Å²) in [7, 11) is -6.99. The van der Waals surface area contributed by atoms with Crippen molar-refractivity contribution in [3.05, 3.63) is 17.0 Å². The lowest BCUT2D eigenvalue weighted by molar-refractivity contribution is -0.139. The van der Waals surface area contributed by atoms with Crippen molar-refractivity contribution in [2.24, 2.45) is 23.5 Å². The molecule has 3 aliphatic rings. The zero-order valence-corrected chi connectivity index (χ0v) is 22.2. The lowest BCUT2D eigenvalue weighted by Gasteiger charge is -2.43. The summed E-state index contributed by atoms with van der Waals surface area (Å²) in [6.07, 6.45) is 7.58. The van der Waals surface area contributed by atoms with Crippen molar-refractivity contribution in [1.29, 1.82) is 0 Å². The van der Waals surface area contributed by atoms with Gasteiger partial charge in [-0.05, 0) is 30.4 Å². The molecule has 1 saturated carbocycles. The molecule has 0 bridgehead atoms. The van der Waals surface area contributed by atoms with Gasteiger partial charge in [-0.2, -0.15) is 8.61 Å². The van der Waals surface area contributed by atoms with Gasteiger partial charge in [0.15, 0.2) is 0 Å². The Morgan fingerprint density at radius 2 is 1.65 bits per heavy atom. The molecule has 4 rings (SSSR count). The van der Waals surface area contributed by atoms with Gasteiger partial charge in [-0.1, -0.05) is 32.1 Å².